The van der Waals surface area contributed by atoms with Crippen molar-refractivity contribution in [2.45, 2.75) is 13.3 Å². The van der Waals surface area contributed by atoms with E-state index in [9.17, 15) is 15.0 Å². The van der Waals surface area contributed by atoms with E-state index in [2.05, 4.69) is 0 Å². The highest BCUT2D eigenvalue weighted by atomic mass is 16.4. The Morgan fingerprint density at radius 2 is 1.95 bits per heavy atom. The highest BCUT2D eigenvalue weighted by molar-refractivity contribution is 6.17. The zero-order chi connectivity index (χ0) is 17.6. The second-order valence-corrected chi connectivity index (χ2v) is 4.56. The van der Waals surface area contributed by atoms with Gasteiger partial charge in [-0.05, 0) is 30.3 Å². The van der Waals surface area contributed by atoms with Gasteiger partial charge in [0.05, 0.1) is 9.68 Å². The van der Waals surface area contributed by atoms with E-state index >= 15 is 0 Å². The minimum atomic E-state index is -0.551. The van der Waals surface area contributed by atoms with E-state index in [1.54, 1.807) is 6.92 Å². The third kappa shape index (κ3) is 2.14. The summed E-state index contributed by atoms with van der Waals surface area (Å²) < 4.78 is 29.0. The summed E-state index contributed by atoms with van der Waals surface area (Å²) in [5.74, 6) is -0.691. The number of carbonyl (C=O) groups is 1. The van der Waals surface area contributed by atoms with E-state index < -0.39 is 23.6 Å². The number of aromatic hydroxyl groups is 2. The van der Waals surface area contributed by atoms with Gasteiger partial charge in [0.2, 0.25) is 0 Å². The Labute approximate surface area is 125 Å². The molecule has 0 fully saturated rings. The summed E-state index contributed by atoms with van der Waals surface area (Å²) in [6, 6.07) is 4.32. The first kappa shape index (κ1) is 10.0. The van der Waals surface area contributed by atoms with Crippen molar-refractivity contribution in [3.05, 3.63) is 59.3 Å². The minimum absolute atomic E-state index is 0.0189. The number of para-hydroxylation sites is 1. The maximum absolute atomic E-state index is 12.9. The van der Waals surface area contributed by atoms with Gasteiger partial charge in [-0.25, -0.2) is 0 Å². The molecule has 3 rings (SSSR count). The fourth-order valence-corrected chi connectivity index (χ4v) is 2.22. The van der Waals surface area contributed by atoms with Gasteiger partial charge in [-0.1, -0.05) is 19.0 Å². The molecule has 1 aromatic heterocycles. The number of benzene rings is 2. The third-order valence-corrected chi connectivity index (χ3v) is 3.24. The van der Waals surface area contributed by atoms with Crippen molar-refractivity contribution in [2.24, 2.45) is 0 Å². The van der Waals surface area contributed by atoms with E-state index in [-0.39, 0.29) is 39.6 Å². The Balaban J connectivity index is 2.34. The summed E-state index contributed by atoms with van der Waals surface area (Å²) in [6.07, 6.45) is 0.341. The van der Waals surface area contributed by atoms with Crippen LogP contribution in [0.5, 0.6) is 11.5 Å². The van der Waals surface area contributed by atoms with Crippen molar-refractivity contribution in [1.29, 1.82) is 0 Å². The highest BCUT2D eigenvalue weighted by Crippen LogP contribution is 2.33. The lowest BCUT2D eigenvalue weighted by molar-refractivity contribution is 0.103. The lowest BCUT2D eigenvalue weighted by Crippen LogP contribution is -2.03. The van der Waals surface area contributed by atoms with E-state index in [0.717, 1.165) is 0 Å². The molecule has 21 heavy (non-hydrogen) atoms. The zero-order valence-electron chi connectivity index (χ0n) is 14.2. The summed E-state index contributed by atoms with van der Waals surface area (Å²) in [4.78, 5) is 12.9. The molecule has 0 aliphatic rings. The SMILES string of the molecule is [2H]c1c([2H])c([2H])c2c(C(=O)c3ccc(O)cc3)c(CC)oc2c1O. The van der Waals surface area contributed by atoms with Crippen molar-refractivity contribution < 1.29 is 23.5 Å². The second-order valence-electron chi connectivity index (χ2n) is 4.56. The molecule has 4 nitrogen and oxygen atoms in total. The van der Waals surface area contributed by atoms with Crippen LogP contribution in [0.15, 0.2) is 46.8 Å². The van der Waals surface area contributed by atoms with Gasteiger partial charge in [0.1, 0.15) is 11.5 Å². The Morgan fingerprint density at radius 1 is 1.24 bits per heavy atom. The lowest BCUT2D eigenvalue weighted by Gasteiger charge is -2.02. The van der Waals surface area contributed by atoms with Crippen LogP contribution in [0.4, 0.5) is 0 Å². The predicted octanol–water partition coefficient (Wildman–Crippen LogP) is 3.64. The first-order valence-corrected chi connectivity index (χ1v) is 6.44. The molecule has 3 aromatic rings. The van der Waals surface area contributed by atoms with Gasteiger partial charge in [0.15, 0.2) is 17.1 Å². The first-order valence-electron chi connectivity index (χ1n) is 7.94. The Hall–Kier alpha value is -2.75. The van der Waals surface area contributed by atoms with Gasteiger partial charge in [0.25, 0.3) is 0 Å². The Morgan fingerprint density at radius 3 is 2.62 bits per heavy atom. The topological polar surface area (TPSA) is 70.7 Å². The maximum atomic E-state index is 12.9. The molecule has 2 N–H and O–H groups in total. The van der Waals surface area contributed by atoms with Crippen molar-refractivity contribution >= 4 is 16.8 Å². The smallest absolute Gasteiger partial charge is 0.197 e. The average Bonchev–Trinajstić information content (AvgIpc) is 2.97. The molecular formula is C17H14O4. The molecular weight excluding hydrogens is 268 g/mol. The predicted molar refractivity (Wildman–Crippen MR) is 78.8 cm³/mol. The van der Waals surface area contributed by atoms with Gasteiger partial charge in [-0.2, -0.15) is 0 Å². The van der Waals surface area contributed by atoms with Crippen LogP contribution in [0.3, 0.4) is 0 Å². The van der Waals surface area contributed by atoms with Crippen LogP contribution in [-0.4, -0.2) is 16.0 Å². The first-order chi connectivity index (χ1) is 11.4. The van der Waals surface area contributed by atoms with Crippen LogP contribution in [-0.2, 0) is 6.42 Å². The fraction of sp³-hybridized carbons (Fsp3) is 0.118. The van der Waals surface area contributed by atoms with E-state index in [4.69, 9.17) is 8.53 Å². The Kier molecular flexibility index (Phi) is 2.38. The number of fused-ring (bicyclic) bond motifs is 1. The van der Waals surface area contributed by atoms with Gasteiger partial charge in [-0.3, -0.25) is 4.79 Å². The number of carbonyl (C=O) groups excluding carboxylic acids is 1. The van der Waals surface area contributed by atoms with Crippen LogP contribution in [0.25, 0.3) is 11.0 Å². The fourth-order valence-electron chi connectivity index (χ4n) is 2.22. The molecule has 1 heterocycles. The number of ketones is 1. The molecule has 0 saturated carbocycles. The molecule has 0 amide bonds. The number of phenols is 2. The Bertz CT molecular complexity index is 959. The molecule has 4 heteroatoms. The quantitative estimate of drug-likeness (QED) is 0.721. The number of rotatable bonds is 3. The summed E-state index contributed by atoms with van der Waals surface area (Å²) in [5.41, 5.74) is 0.262. The number of furan rings is 1. The third-order valence-electron chi connectivity index (χ3n) is 3.24. The van der Waals surface area contributed by atoms with Gasteiger partial charge >= 0.3 is 0 Å². The molecule has 0 atom stereocenters. The van der Waals surface area contributed by atoms with Crippen LogP contribution in [0.2, 0.25) is 0 Å². The summed E-state index contributed by atoms with van der Waals surface area (Å²) in [7, 11) is 0. The maximum Gasteiger partial charge on any atom is 0.197 e. The highest BCUT2D eigenvalue weighted by Gasteiger charge is 2.22. The number of phenolic OH excluding ortho intramolecular Hbond substituents is 2. The minimum Gasteiger partial charge on any atom is -0.508 e. The lowest BCUT2D eigenvalue weighted by atomic mass is 9.99. The summed E-state index contributed by atoms with van der Waals surface area (Å²) >= 11 is 0. The van der Waals surface area contributed by atoms with Crippen molar-refractivity contribution in [1.82, 2.24) is 0 Å². The second kappa shape index (κ2) is 4.98. The van der Waals surface area contributed by atoms with Crippen LogP contribution in [0, 0.1) is 0 Å². The number of hydrogen-bond donors (Lipinski definition) is 2. The average molecular weight is 285 g/mol. The molecule has 0 aliphatic carbocycles. The molecule has 0 aliphatic heterocycles. The molecule has 0 saturated heterocycles. The molecule has 0 bridgehead atoms. The normalized spacial score (nSPS) is 12.9. The van der Waals surface area contributed by atoms with Gasteiger partial charge in [0, 0.05) is 17.4 Å². The van der Waals surface area contributed by atoms with Crippen molar-refractivity contribution in [2.75, 3.05) is 0 Å². The molecule has 0 radical (unpaired) electrons. The van der Waals surface area contributed by atoms with Crippen molar-refractivity contribution in [3.63, 3.8) is 0 Å². The zero-order valence-corrected chi connectivity index (χ0v) is 11.2. The van der Waals surface area contributed by atoms with E-state index in [1.807, 2.05) is 0 Å². The standard InChI is InChI=1S/C17H14O4/c1-2-14-15(12-4-3-5-13(19)17(12)21-14)16(20)10-6-8-11(18)9-7-10/h3-9,18-19H,2H2,1H3/i3D,4D,5D. The van der Waals surface area contributed by atoms with Gasteiger partial charge in [-0.15, -0.1) is 0 Å². The summed E-state index contributed by atoms with van der Waals surface area (Å²) in [5, 5.41) is 19.4. The van der Waals surface area contributed by atoms with Crippen LogP contribution >= 0.6 is 0 Å². The van der Waals surface area contributed by atoms with E-state index in [0.29, 0.717) is 6.42 Å². The van der Waals surface area contributed by atoms with Crippen molar-refractivity contribution in [3.8, 4) is 11.5 Å². The monoisotopic (exact) mass is 285 g/mol. The molecule has 2 aromatic carbocycles. The largest absolute Gasteiger partial charge is 0.508 e. The molecule has 106 valence electrons. The number of hydrogen-bond acceptors (Lipinski definition) is 4. The summed E-state index contributed by atoms with van der Waals surface area (Å²) in [6.45, 7) is 1.76. The van der Waals surface area contributed by atoms with E-state index in [1.165, 1.54) is 24.3 Å². The van der Waals surface area contributed by atoms with Gasteiger partial charge < -0.3 is 14.6 Å². The van der Waals surface area contributed by atoms with Crippen LogP contribution in [0.1, 0.15) is 32.7 Å². The van der Waals surface area contributed by atoms with Crippen LogP contribution < -0.4 is 0 Å². The molecule has 0 unspecified atom stereocenters. The number of aryl methyl sites for hydroxylation is 1. The molecule has 0 spiro atoms.